The Bertz CT molecular complexity index is 384. The van der Waals surface area contributed by atoms with Gasteiger partial charge in [-0.3, -0.25) is 0 Å². The fourth-order valence-electron chi connectivity index (χ4n) is 2.27. The molecule has 0 saturated carbocycles. The van der Waals surface area contributed by atoms with Gasteiger partial charge in [0.25, 0.3) is 0 Å². The van der Waals surface area contributed by atoms with Crippen molar-refractivity contribution in [3.8, 4) is 0 Å². The maximum Gasteiger partial charge on any atom is 0.0402 e. The molecule has 16 heavy (non-hydrogen) atoms. The molecule has 1 aliphatic rings. The van der Waals surface area contributed by atoms with Crippen LogP contribution in [0.15, 0.2) is 30.9 Å². The van der Waals surface area contributed by atoms with Crippen LogP contribution < -0.4 is 10.2 Å². The third kappa shape index (κ3) is 1.98. The van der Waals surface area contributed by atoms with E-state index in [1.165, 1.54) is 16.8 Å². The first-order valence-electron chi connectivity index (χ1n) is 5.92. The zero-order chi connectivity index (χ0) is 11.5. The van der Waals surface area contributed by atoms with Crippen LogP contribution in [0, 0.1) is 0 Å². The van der Waals surface area contributed by atoms with Crippen LogP contribution in [0.4, 0.5) is 5.69 Å². The molecule has 1 aliphatic heterocycles. The number of nitrogens with zero attached hydrogens (tertiary/aromatic N) is 1. The van der Waals surface area contributed by atoms with Crippen molar-refractivity contribution in [3.05, 3.63) is 42.0 Å². The van der Waals surface area contributed by atoms with Crippen LogP contribution in [-0.4, -0.2) is 20.1 Å². The molecule has 1 aromatic rings. The largest absolute Gasteiger partial charge is 0.367 e. The molecule has 2 heteroatoms. The van der Waals surface area contributed by atoms with E-state index in [0.29, 0.717) is 6.04 Å². The molecule has 2 rings (SSSR count). The SMILES string of the molecule is C=CCN1CCc2cc(C(C)NC)ccc21. The lowest BCUT2D eigenvalue weighted by molar-refractivity contribution is 0.652. The van der Waals surface area contributed by atoms with Crippen molar-refractivity contribution in [1.29, 1.82) is 0 Å². The Morgan fingerprint density at radius 3 is 3.06 bits per heavy atom. The number of anilines is 1. The molecule has 0 aromatic heterocycles. The van der Waals surface area contributed by atoms with Gasteiger partial charge in [-0.1, -0.05) is 18.2 Å². The lowest BCUT2D eigenvalue weighted by Crippen LogP contribution is -2.19. The molecule has 2 nitrogen and oxygen atoms in total. The average Bonchev–Trinajstić information content (AvgIpc) is 2.71. The fraction of sp³-hybridized carbons (Fsp3) is 0.429. The summed E-state index contributed by atoms with van der Waals surface area (Å²) >= 11 is 0. The van der Waals surface area contributed by atoms with E-state index in [2.05, 4.69) is 41.9 Å². The summed E-state index contributed by atoms with van der Waals surface area (Å²) in [6.45, 7) is 8.07. The minimum absolute atomic E-state index is 0.429. The van der Waals surface area contributed by atoms with Crippen LogP contribution in [0.1, 0.15) is 24.1 Å². The van der Waals surface area contributed by atoms with Crippen LogP contribution in [-0.2, 0) is 6.42 Å². The second kappa shape index (κ2) is 4.71. The molecule has 0 fully saturated rings. The van der Waals surface area contributed by atoms with E-state index in [4.69, 9.17) is 0 Å². The van der Waals surface area contributed by atoms with Gasteiger partial charge >= 0.3 is 0 Å². The third-order valence-electron chi connectivity index (χ3n) is 3.38. The fourth-order valence-corrected chi connectivity index (χ4v) is 2.27. The molecule has 1 N–H and O–H groups in total. The molecule has 86 valence electrons. The Morgan fingerprint density at radius 1 is 1.56 bits per heavy atom. The van der Waals surface area contributed by atoms with Crippen LogP contribution in [0.25, 0.3) is 0 Å². The molecular weight excluding hydrogens is 196 g/mol. The van der Waals surface area contributed by atoms with Crippen molar-refractivity contribution in [2.75, 3.05) is 25.0 Å². The summed E-state index contributed by atoms with van der Waals surface area (Å²) in [5.74, 6) is 0. The van der Waals surface area contributed by atoms with Crippen molar-refractivity contribution in [1.82, 2.24) is 5.32 Å². The molecule has 0 aliphatic carbocycles. The summed E-state index contributed by atoms with van der Waals surface area (Å²) in [7, 11) is 2.00. The predicted molar refractivity (Wildman–Crippen MR) is 70.0 cm³/mol. The van der Waals surface area contributed by atoms with E-state index in [0.717, 1.165) is 19.5 Å². The third-order valence-corrected chi connectivity index (χ3v) is 3.38. The van der Waals surface area contributed by atoms with Gasteiger partial charge < -0.3 is 10.2 Å². The van der Waals surface area contributed by atoms with Crippen LogP contribution in [0.5, 0.6) is 0 Å². The van der Waals surface area contributed by atoms with Crippen molar-refractivity contribution in [2.45, 2.75) is 19.4 Å². The number of nitrogens with one attached hydrogen (secondary N) is 1. The van der Waals surface area contributed by atoms with Gasteiger partial charge in [0.1, 0.15) is 0 Å². The number of benzene rings is 1. The van der Waals surface area contributed by atoms with Crippen molar-refractivity contribution < 1.29 is 0 Å². The Labute approximate surface area is 98.0 Å². The molecule has 0 amide bonds. The molecule has 1 unspecified atom stereocenters. The zero-order valence-corrected chi connectivity index (χ0v) is 10.2. The Morgan fingerprint density at radius 2 is 2.38 bits per heavy atom. The number of hydrogen-bond donors (Lipinski definition) is 1. The van der Waals surface area contributed by atoms with Gasteiger partial charge in [0, 0.05) is 24.8 Å². The average molecular weight is 216 g/mol. The first-order valence-corrected chi connectivity index (χ1v) is 5.92. The first-order chi connectivity index (χ1) is 7.76. The molecule has 1 heterocycles. The van der Waals surface area contributed by atoms with Gasteiger partial charge in [-0.05, 0) is 37.6 Å². The molecule has 1 aromatic carbocycles. The number of fused-ring (bicyclic) bond motifs is 1. The smallest absolute Gasteiger partial charge is 0.0402 e. The Kier molecular flexibility index (Phi) is 3.30. The summed E-state index contributed by atoms with van der Waals surface area (Å²) in [4.78, 5) is 2.39. The van der Waals surface area contributed by atoms with Crippen LogP contribution in [0.3, 0.4) is 0 Å². The van der Waals surface area contributed by atoms with E-state index in [9.17, 15) is 0 Å². The first kappa shape index (κ1) is 11.2. The van der Waals surface area contributed by atoms with E-state index < -0.39 is 0 Å². The summed E-state index contributed by atoms with van der Waals surface area (Å²) < 4.78 is 0. The molecule has 0 saturated heterocycles. The molecule has 1 atom stereocenters. The second-order valence-corrected chi connectivity index (χ2v) is 4.38. The van der Waals surface area contributed by atoms with Crippen molar-refractivity contribution in [3.63, 3.8) is 0 Å². The second-order valence-electron chi connectivity index (χ2n) is 4.38. The van der Waals surface area contributed by atoms with Crippen molar-refractivity contribution >= 4 is 5.69 Å². The highest BCUT2D eigenvalue weighted by molar-refractivity contribution is 5.59. The zero-order valence-electron chi connectivity index (χ0n) is 10.2. The standard InChI is InChI=1S/C14H20N2/c1-4-8-16-9-7-13-10-12(11(2)15-3)5-6-14(13)16/h4-6,10-11,15H,1,7-9H2,2-3H3. The van der Waals surface area contributed by atoms with Gasteiger partial charge in [0.15, 0.2) is 0 Å². The quantitative estimate of drug-likeness (QED) is 0.778. The summed E-state index contributed by atoms with van der Waals surface area (Å²) in [6.07, 6.45) is 3.13. The van der Waals surface area contributed by atoms with E-state index in [-0.39, 0.29) is 0 Å². The molecular formula is C14H20N2. The minimum Gasteiger partial charge on any atom is -0.367 e. The summed E-state index contributed by atoms with van der Waals surface area (Å²) in [6, 6.07) is 7.23. The van der Waals surface area contributed by atoms with Crippen LogP contribution >= 0.6 is 0 Å². The summed E-state index contributed by atoms with van der Waals surface area (Å²) in [5, 5.41) is 3.28. The lowest BCUT2D eigenvalue weighted by atomic mass is 10.0. The molecule has 0 bridgehead atoms. The normalized spacial score (nSPS) is 16.0. The Hall–Kier alpha value is -1.28. The van der Waals surface area contributed by atoms with E-state index >= 15 is 0 Å². The highest BCUT2D eigenvalue weighted by atomic mass is 15.1. The number of hydrogen-bond acceptors (Lipinski definition) is 2. The van der Waals surface area contributed by atoms with Gasteiger partial charge in [0.05, 0.1) is 0 Å². The van der Waals surface area contributed by atoms with Crippen LogP contribution in [0.2, 0.25) is 0 Å². The topological polar surface area (TPSA) is 15.3 Å². The minimum atomic E-state index is 0.429. The van der Waals surface area contributed by atoms with E-state index in [1.807, 2.05) is 13.1 Å². The maximum atomic E-state index is 3.80. The monoisotopic (exact) mass is 216 g/mol. The van der Waals surface area contributed by atoms with E-state index in [1.54, 1.807) is 0 Å². The molecule has 0 radical (unpaired) electrons. The van der Waals surface area contributed by atoms with Crippen molar-refractivity contribution in [2.24, 2.45) is 0 Å². The van der Waals surface area contributed by atoms with Gasteiger partial charge in [-0.25, -0.2) is 0 Å². The van der Waals surface area contributed by atoms with Gasteiger partial charge in [-0.2, -0.15) is 0 Å². The van der Waals surface area contributed by atoms with Gasteiger partial charge in [0.2, 0.25) is 0 Å². The maximum absolute atomic E-state index is 3.80. The lowest BCUT2D eigenvalue weighted by Gasteiger charge is -2.18. The predicted octanol–water partition coefficient (Wildman–Crippen LogP) is 2.52. The molecule has 0 spiro atoms. The highest BCUT2D eigenvalue weighted by Gasteiger charge is 2.18. The summed E-state index contributed by atoms with van der Waals surface area (Å²) in [5.41, 5.74) is 4.23. The Balaban J connectivity index is 2.25. The number of rotatable bonds is 4. The highest BCUT2D eigenvalue weighted by Crippen LogP contribution is 2.30. The van der Waals surface area contributed by atoms with Gasteiger partial charge in [-0.15, -0.1) is 6.58 Å².